The summed E-state index contributed by atoms with van der Waals surface area (Å²) in [5, 5.41) is 0.821. The number of carbonyl (C=O) groups excluding carboxylic acids is 2. The van der Waals surface area contributed by atoms with Crippen LogP contribution < -0.4 is 15.2 Å². The number of ether oxygens (including phenoxy) is 1. The molecule has 1 saturated carbocycles. The average Bonchev–Trinajstić information content (AvgIpc) is 3.77. The quantitative estimate of drug-likeness (QED) is 0.313. The van der Waals surface area contributed by atoms with Crippen LogP contribution in [0, 0.1) is 11.7 Å². The van der Waals surface area contributed by atoms with E-state index in [-0.39, 0.29) is 10.9 Å². The van der Waals surface area contributed by atoms with E-state index < -0.39 is 28.8 Å². The van der Waals surface area contributed by atoms with Crippen molar-refractivity contribution < 1.29 is 18.7 Å². The van der Waals surface area contributed by atoms with Gasteiger partial charge in [0.2, 0.25) is 5.43 Å². The molecular formula is C31H35Cl2FN4O4. The van der Waals surface area contributed by atoms with Gasteiger partial charge in [0.1, 0.15) is 17.0 Å². The second kappa shape index (κ2) is 11.8. The van der Waals surface area contributed by atoms with Crippen molar-refractivity contribution in [1.29, 1.82) is 0 Å². The van der Waals surface area contributed by atoms with E-state index in [4.69, 9.17) is 27.9 Å². The first kappa shape index (κ1) is 30.2. The molecule has 1 aromatic heterocycles. The highest BCUT2D eigenvalue weighted by Crippen LogP contribution is 2.34. The Morgan fingerprint density at radius 1 is 1.05 bits per heavy atom. The fourth-order valence-electron chi connectivity index (χ4n) is 5.17. The molecule has 2 aromatic carbocycles. The summed E-state index contributed by atoms with van der Waals surface area (Å²) >= 11 is 12.4. The topological polar surface area (TPSA) is 75.1 Å². The Bertz CT molecular complexity index is 1590. The molecule has 11 heteroatoms. The molecule has 2 heterocycles. The molecule has 1 aliphatic carbocycles. The number of aromatic nitrogens is 1. The van der Waals surface area contributed by atoms with Gasteiger partial charge in [0.25, 0.3) is 5.91 Å². The van der Waals surface area contributed by atoms with Crippen LogP contribution >= 0.6 is 23.2 Å². The van der Waals surface area contributed by atoms with Gasteiger partial charge in [-0.1, -0.05) is 23.2 Å². The summed E-state index contributed by atoms with van der Waals surface area (Å²) in [6.07, 6.45) is 3.17. The molecule has 8 nitrogen and oxygen atoms in total. The molecular weight excluding hydrogens is 582 g/mol. The number of amides is 2. The van der Waals surface area contributed by atoms with Crippen LogP contribution in [0.5, 0.6) is 0 Å². The Hall–Kier alpha value is -3.30. The maximum Gasteiger partial charge on any atom is 0.410 e. The van der Waals surface area contributed by atoms with Gasteiger partial charge >= 0.3 is 6.09 Å². The Morgan fingerprint density at radius 2 is 1.74 bits per heavy atom. The third-order valence-corrected chi connectivity index (χ3v) is 8.33. The van der Waals surface area contributed by atoms with Crippen molar-refractivity contribution in [3.05, 3.63) is 68.2 Å². The maximum atomic E-state index is 15.6. The first-order valence-electron chi connectivity index (χ1n) is 14.2. The van der Waals surface area contributed by atoms with Crippen molar-refractivity contribution in [1.82, 2.24) is 9.47 Å². The Balaban J connectivity index is 1.46. The number of pyridine rings is 1. The molecule has 224 valence electrons. The molecule has 0 unspecified atom stereocenters. The monoisotopic (exact) mass is 616 g/mol. The van der Waals surface area contributed by atoms with Gasteiger partial charge in [-0.2, -0.15) is 0 Å². The van der Waals surface area contributed by atoms with Crippen LogP contribution in [-0.2, 0) is 11.3 Å². The number of nitrogens with zero attached hydrogens (tertiary/aromatic N) is 4. The molecule has 0 radical (unpaired) electrons. The van der Waals surface area contributed by atoms with Crippen molar-refractivity contribution in [3.8, 4) is 0 Å². The average molecular weight is 618 g/mol. The van der Waals surface area contributed by atoms with Crippen LogP contribution in [0.1, 0.15) is 50.9 Å². The lowest BCUT2D eigenvalue weighted by Gasteiger charge is -2.37. The van der Waals surface area contributed by atoms with Gasteiger partial charge in [-0.05, 0) is 76.8 Å². The summed E-state index contributed by atoms with van der Waals surface area (Å²) in [7, 11) is 0. The summed E-state index contributed by atoms with van der Waals surface area (Å²) in [5.41, 5.74) is 0.275. The van der Waals surface area contributed by atoms with Crippen molar-refractivity contribution >= 4 is 57.5 Å². The lowest BCUT2D eigenvalue weighted by molar-refractivity contribution is 0.0240. The van der Waals surface area contributed by atoms with E-state index in [0.717, 1.165) is 12.8 Å². The SMILES string of the molecule is CCn1cc(C(=O)N(CC2CC2)c2ccc(Cl)c(Cl)c2)c(=O)c2cc(F)c(N3CCN(C(=O)OC(C)(C)C)CC3)cc21. The highest BCUT2D eigenvalue weighted by molar-refractivity contribution is 6.42. The molecule has 2 amide bonds. The van der Waals surface area contributed by atoms with E-state index in [2.05, 4.69) is 0 Å². The Kier molecular flexibility index (Phi) is 8.45. The van der Waals surface area contributed by atoms with Gasteiger partial charge in [-0.15, -0.1) is 0 Å². The molecule has 1 aliphatic heterocycles. The number of benzene rings is 2. The van der Waals surface area contributed by atoms with Crippen LogP contribution in [0.3, 0.4) is 0 Å². The highest BCUT2D eigenvalue weighted by atomic mass is 35.5. The normalized spacial score (nSPS) is 15.7. The standard InChI is InChI=1S/C31H35Cl2FN4O4/c1-5-35-18-22(29(40)38(17-19-6-7-19)20-8-9-23(32)24(33)14-20)28(39)21-15-25(34)27(16-26(21)35)36-10-12-37(13-11-36)30(41)42-31(2,3)4/h8-9,14-16,18-19H,5-7,10-13,17H2,1-4H3. The molecule has 1 saturated heterocycles. The lowest BCUT2D eigenvalue weighted by atomic mass is 10.1. The zero-order chi connectivity index (χ0) is 30.3. The summed E-state index contributed by atoms with van der Waals surface area (Å²) in [4.78, 5) is 45.1. The third kappa shape index (κ3) is 6.37. The van der Waals surface area contributed by atoms with Gasteiger partial charge in [-0.3, -0.25) is 9.59 Å². The van der Waals surface area contributed by atoms with Gasteiger partial charge < -0.3 is 24.0 Å². The molecule has 0 spiro atoms. The Labute approximate surface area is 254 Å². The van der Waals surface area contributed by atoms with Crippen LogP contribution in [0.2, 0.25) is 10.0 Å². The molecule has 42 heavy (non-hydrogen) atoms. The number of fused-ring (bicyclic) bond motifs is 1. The number of piperazine rings is 1. The van der Waals surface area contributed by atoms with E-state index in [1.165, 1.54) is 6.07 Å². The van der Waals surface area contributed by atoms with Gasteiger partial charge in [-0.25, -0.2) is 9.18 Å². The minimum Gasteiger partial charge on any atom is -0.444 e. The zero-order valence-electron chi connectivity index (χ0n) is 24.3. The highest BCUT2D eigenvalue weighted by Gasteiger charge is 2.31. The second-order valence-electron chi connectivity index (χ2n) is 11.9. The van der Waals surface area contributed by atoms with Crippen LogP contribution in [0.25, 0.3) is 10.9 Å². The molecule has 0 N–H and O–H groups in total. The molecule has 5 rings (SSSR count). The van der Waals surface area contributed by atoms with Crippen molar-refractivity contribution in [2.24, 2.45) is 5.92 Å². The Morgan fingerprint density at radius 3 is 2.33 bits per heavy atom. The molecule has 0 bridgehead atoms. The number of aryl methyl sites for hydroxylation is 1. The number of anilines is 2. The van der Waals surface area contributed by atoms with Gasteiger partial charge in [0.15, 0.2) is 0 Å². The number of carbonyl (C=O) groups is 2. The smallest absolute Gasteiger partial charge is 0.410 e. The summed E-state index contributed by atoms with van der Waals surface area (Å²) in [5.74, 6) is -0.679. The van der Waals surface area contributed by atoms with Crippen LogP contribution in [0.4, 0.5) is 20.6 Å². The number of hydrogen-bond donors (Lipinski definition) is 0. The predicted molar refractivity (Wildman–Crippen MR) is 165 cm³/mol. The number of halogens is 3. The van der Waals surface area contributed by atoms with Crippen LogP contribution in [-0.4, -0.2) is 59.8 Å². The van der Waals surface area contributed by atoms with Crippen molar-refractivity contribution in [3.63, 3.8) is 0 Å². The summed E-state index contributed by atoms with van der Waals surface area (Å²) in [6.45, 7) is 9.84. The first-order valence-corrected chi connectivity index (χ1v) is 15.0. The van der Waals surface area contributed by atoms with E-state index in [1.807, 2.05) is 32.6 Å². The minimum absolute atomic E-state index is 0.0332. The summed E-state index contributed by atoms with van der Waals surface area (Å²) < 4.78 is 22.9. The largest absolute Gasteiger partial charge is 0.444 e. The lowest BCUT2D eigenvalue weighted by Crippen LogP contribution is -2.50. The zero-order valence-corrected chi connectivity index (χ0v) is 25.8. The van der Waals surface area contributed by atoms with E-state index in [1.54, 1.807) is 44.8 Å². The molecule has 0 atom stereocenters. The predicted octanol–water partition coefficient (Wildman–Crippen LogP) is 6.58. The fourth-order valence-corrected chi connectivity index (χ4v) is 5.47. The van der Waals surface area contributed by atoms with E-state index in [9.17, 15) is 14.4 Å². The maximum absolute atomic E-state index is 15.6. The van der Waals surface area contributed by atoms with Crippen LogP contribution in [0.15, 0.2) is 41.3 Å². The fraction of sp³-hybridized carbons (Fsp3) is 0.452. The van der Waals surface area contributed by atoms with E-state index >= 15 is 4.39 Å². The minimum atomic E-state index is -0.598. The van der Waals surface area contributed by atoms with Gasteiger partial charge in [0.05, 0.1) is 21.2 Å². The summed E-state index contributed by atoms with van der Waals surface area (Å²) in [6, 6.07) is 7.84. The van der Waals surface area contributed by atoms with Gasteiger partial charge in [0, 0.05) is 56.5 Å². The first-order chi connectivity index (χ1) is 19.9. The third-order valence-electron chi connectivity index (χ3n) is 7.59. The number of rotatable bonds is 6. The second-order valence-corrected chi connectivity index (χ2v) is 12.7. The molecule has 2 aliphatic rings. The van der Waals surface area contributed by atoms with Crippen molar-refractivity contribution in [2.45, 2.75) is 52.7 Å². The molecule has 2 fully saturated rings. The molecule has 3 aromatic rings. The number of hydrogen-bond acceptors (Lipinski definition) is 5. The van der Waals surface area contributed by atoms with E-state index in [0.29, 0.717) is 72.1 Å². The van der Waals surface area contributed by atoms with Crippen molar-refractivity contribution in [2.75, 3.05) is 42.5 Å².